The van der Waals surface area contributed by atoms with E-state index in [4.69, 9.17) is 11.6 Å². The minimum atomic E-state index is 0.551. The van der Waals surface area contributed by atoms with Gasteiger partial charge in [-0.1, -0.05) is 31.4 Å². The Kier molecular flexibility index (Phi) is 5.02. The normalized spacial score (nSPS) is 21.2. The van der Waals surface area contributed by atoms with Gasteiger partial charge in [0, 0.05) is 12.2 Å². The number of unbranched alkanes of at least 4 members (excludes halogenated alkanes) is 1. The Balaban J connectivity index is 2.16. The second kappa shape index (κ2) is 6.53. The van der Waals surface area contributed by atoms with E-state index in [1.54, 1.807) is 0 Å². The molecule has 0 saturated carbocycles. The Labute approximate surface area is 115 Å². The Hall–Kier alpha value is -0.600. The monoisotopic (exact) mass is 266 g/mol. The van der Waals surface area contributed by atoms with E-state index in [0.29, 0.717) is 11.2 Å². The SMILES string of the molecule is CCCCN1CCCC[C@@H]1c1cnc(Cl)cc1C. The number of hydrogen-bond acceptors (Lipinski definition) is 2. The van der Waals surface area contributed by atoms with Crippen molar-refractivity contribution in [1.82, 2.24) is 9.88 Å². The number of pyridine rings is 1. The summed E-state index contributed by atoms with van der Waals surface area (Å²) in [5.41, 5.74) is 2.65. The van der Waals surface area contributed by atoms with Crippen LogP contribution in [0.4, 0.5) is 0 Å². The van der Waals surface area contributed by atoms with Crippen molar-refractivity contribution >= 4 is 11.6 Å². The Bertz CT molecular complexity index is 392. The Morgan fingerprint density at radius 1 is 1.44 bits per heavy atom. The van der Waals surface area contributed by atoms with E-state index in [1.807, 2.05) is 12.3 Å². The van der Waals surface area contributed by atoms with Crippen LogP contribution >= 0.6 is 11.6 Å². The van der Waals surface area contributed by atoms with Crippen molar-refractivity contribution in [1.29, 1.82) is 0 Å². The van der Waals surface area contributed by atoms with Gasteiger partial charge in [-0.2, -0.15) is 0 Å². The molecule has 0 aliphatic carbocycles. The lowest BCUT2D eigenvalue weighted by molar-refractivity contribution is 0.146. The van der Waals surface area contributed by atoms with Crippen LogP contribution in [-0.4, -0.2) is 23.0 Å². The average molecular weight is 267 g/mol. The van der Waals surface area contributed by atoms with Gasteiger partial charge in [0.05, 0.1) is 0 Å². The van der Waals surface area contributed by atoms with Gasteiger partial charge in [0.2, 0.25) is 0 Å². The van der Waals surface area contributed by atoms with Gasteiger partial charge in [0.1, 0.15) is 5.15 Å². The molecule has 100 valence electrons. The number of aryl methyl sites for hydroxylation is 1. The fourth-order valence-electron chi connectivity index (χ4n) is 2.85. The van der Waals surface area contributed by atoms with Gasteiger partial charge in [0.25, 0.3) is 0 Å². The second-order valence-electron chi connectivity index (χ2n) is 5.26. The summed E-state index contributed by atoms with van der Waals surface area (Å²) < 4.78 is 0. The molecule has 0 radical (unpaired) electrons. The molecule has 1 aliphatic rings. The number of likely N-dealkylation sites (tertiary alicyclic amines) is 1. The molecule has 0 amide bonds. The van der Waals surface area contributed by atoms with E-state index in [1.165, 1.54) is 56.3 Å². The molecule has 2 heterocycles. The lowest BCUT2D eigenvalue weighted by atomic mass is 9.93. The first kappa shape index (κ1) is 13.8. The molecule has 1 aromatic heterocycles. The molecule has 0 spiro atoms. The minimum absolute atomic E-state index is 0.551. The molecule has 2 nitrogen and oxygen atoms in total. The summed E-state index contributed by atoms with van der Waals surface area (Å²) in [6.45, 7) is 6.85. The van der Waals surface area contributed by atoms with E-state index in [0.717, 1.165) is 0 Å². The molecule has 1 atom stereocenters. The van der Waals surface area contributed by atoms with Gasteiger partial charge < -0.3 is 0 Å². The zero-order valence-corrected chi connectivity index (χ0v) is 12.2. The first-order valence-corrected chi connectivity index (χ1v) is 7.46. The van der Waals surface area contributed by atoms with Crippen molar-refractivity contribution in [2.45, 2.75) is 52.0 Å². The summed E-state index contributed by atoms with van der Waals surface area (Å²) in [5.74, 6) is 0. The quantitative estimate of drug-likeness (QED) is 0.753. The van der Waals surface area contributed by atoms with Crippen molar-refractivity contribution < 1.29 is 0 Å². The summed E-state index contributed by atoms with van der Waals surface area (Å²) in [6, 6.07) is 2.54. The highest BCUT2D eigenvalue weighted by Gasteiger charge is 2.24. The highest BCUT2D eigenvalue weighted by atomic mass is 35.5. The summed E-state index contributed by atoms with van der Waals surface area (Å²) in [5, 5.41) is 0.604. The maximum atomic E-state index is 5.95. The van der Waals surface area contributed by atoms with Crippen LogP contribution in [0.3, 0.4) is 0 Å². The number of hydrogen-bond donors (Lipinski definition) is 0. The number of halogens is 1. The van der Waals surface area contributed by atoms with E-state index < -0.39 is 0 Å². The van der Waals surface area contributed by atoms with Crippen LogP contribution in [0.2, 0.25) is 5.15 Å². The molecule has 3 heteroatoms. The van der Waals surface area contributed by atoms with Gasteiger partial charge in [-0.3, -0.25) is 4.90 Å². The molecule has 1 fully saturated rings. The lowest BCUT2D eigenvalue weighted by Crippen LogP contribution is -2.34. The van der Waals surface area contributed by atoms with Crippen LogP contribution in [0, 0.1) is 6.92 Å². The fourth-order valence-corrected chi connectivity index (χ4v) is 3.07. The molecule has 1 saturated heterocycles. The second-order valence-corrected chi connectivity index (χ2v) is 5.65. The molecule has 0 bridgehead atoms. The van der Waals surface area contributed by atoms with Gasteiger partial charge in [-0.05, 0) is 56.5 Å². The maximum absolute atomic E-state index is 5.95. The van der Waals surface area contributed by atoms with Gasteiger partial charge in [-0.25, -0.2) is 4.98 Å². The van der Waals surface area contributed by atoms with Crippen molar-refractivity contribution in [3.63, 3.8) is 0 Å². The van der Waals surface area contributed by atoms with E-state index in [-0.39, 0.29) is 0 Å². The number of aromatic nitrogens is 1. The van der Waals surface area contributed by atoms with Crippen LogP contribution in [0.1, 0.15) is 56.2 Å². The molecule has 0 N–H and O–H groups in total. The number of nitrogens with zero attached hydrogens (tertiary/aromatic N) is 2. The first-order chi connectivity index (χ1) is 8.72. The van der Waals surface area contributed by atoms with Crippen LogP contribution in [-0.2, 0) is 0 Å². The smallest absolute Gasteiger partial charge is 0.129 e. The topological polar surface area (TPSA) is 16.1 Å². The van der Waals surface area contributed by atoms with Gasteiger partial charge in [0.15, 0.2) is 0 Å². The molecule has 1 aliphatic heterocycles. The predicted molar refractivity (Wildman–Crippen MR) is 77.1 cm³/mol. The molecule has 0 aromatic carbocycles. The van der Waals surface area contributed by atoms with E-state index >= 15 is 0 Å². The van der Waals surface area contributed by atoms with E-state index in [2.05, 4.69) is 23.7 Å². The molecule has 0 unspecified atom stereocenters. The molecule has 1 aromatic rings. The Morgan fingerprint density at radius 2 is 2.28 bits per heavy atom. The molecule has 18 heavy (non-hydrogen) atoms. The van der Waals surface area contributed by atoms with Gasteiger partial charge in [-0.15, -0.1) is 0 Å². The molecular weight excluding hydrogens is 244 g/mol. The number of piperidine rings is 1. The van der Waals surface area contributed by atoms with Crippen LogP contribution in [0.25, 0.3) is 0 Å². The van der Waals surface area contributed by atoms with Crippen LogP contribution in [0.5, 0.6) is 0 Å². The zero-order valence-electron chi connectivity index (χ0n) is 11.5. The predicted octanol–water partition coefficient (Wildman–Crippen LogP) is 4.37. The molecular formula is C15H23ClN2. The van der Waals surface area contributed by atoms with Crippen LogP contribution in [0.15, 0.2) is 12.3 Å². The largest absolute Gasteiger partial charge is 0.296 e. The maximum Gasteiger partial charge on any atom is 0.129 e. The average Bonchev–Trinajstić information content (AvgIpc) is 2.37. The summed E-state index contributed by atoms with van der Waals surface area (Å²) in [4.78, 5) is 6.90. The van der Waals surface area contributed by atoms with Crippen molar-refractivity contribution in [3.05, 3.63) is 28.5 Å². The third kappa shape index (κ3) is 3.24. The lowest BCUT2D eigenvalue weighted by Gasteiger charge is -2.36. The fraction of sp³-hybridized carbons (Fsp3) is 0.667. The summed E-state index contributed by atoms with van der Waals surface area (Å²) in [7, 11) is 0. The van der Waals surface area contributed by atoms with Crippen molar-refractivity contribution in [2.24, 2.45) is 0 Å². The summed E-state index contributed by atoms with van der Waals surface area (Å²) >= 11 is 5.95. The minimum Gasteiger partial charge on any atom is -0.296 e. The van der Waals surface area contributed by atoms with Crippen LogP contribution < -0.4 is 0 Å². The highest BCUT2D eigenvalue weighted by Crippen LogP contribution is 2.33. The third-order valence-electron chi connectivity index (χ3n) is 3.89. The van der Waals surface area contributed by atoms with E-state index in [9.17, 15) is 0 Å². The summed E-state index contributed by atoms with van der Waals surface area (Å²) in [6.07, 6.45) is 8.45. The number of rotatable bonds is 4. The Morgan fingerprint density at radius 3 is 3.00 bits per heavy atom. The third-order valence-corrected chi connectivity index (χ3v) is 4.10. The van der Waals surface area contributed by atoms with Crippen molar-refractivity contribution in [3.8, 4) is 0 Å². The molecule has 2 rings (SSSR count). The standard InChI is InChI=1S/C15H23ClN2/c1-3-4-8-18-9-6-5-7-14(18)13-11-17-15(16)10-12(13)2/h10-11,14H,3-9H2,1-2H3/t14-/m1/s1. The van der Waals surface area contributed by atoms with Gasteiger partial charge >= 0.3 is 0 Å². The highest BCUT2D eigenvalue weighted by molar-refractivity contribution is 6.29. The van der Waals surface area contributed by atoms with Crippen molar-refractivity contribution in [2.75, 3.05) is 13.1 Å². The first-order valence-electron chi connectivity index (χ1n) is 7.08. The zero-order chi connectivity index (χ0) is 13.0.